The molecule has 6 heteroatoms. The lowest BCUT2D eigenvalue weighted by atomic mass is 9.96. The van der Waals surface area contributed by atoms with E-state index in [0.29, 0.717) is 5.92 Å². The molecule has 0 radical (unpaired) electrons. The van der Waals surface area contributed by atoms with Gasteiger partial charge in [0.05, 0.1) is 18.4 Å². The van der Waals surface area contributed by atoms with E-state index in [-0.39, 0.29) is 5.56 Å². The standard InChI is InChI=1S/C19H25N5O/c25-19-8-15-4-1-2-5-17(15)21-24(19)12-14-10-22(11-14)13-16-9-20-23-7-3-6-18(16)23/h8-9,14H,1-7,10-13H2. The minimum absolute atomic E-state index is 0.0774. The highest BCUT2D eigenvalue weighted by Crippen LogP contribution is 2.24. The molecule has 2 aromatic rings. The zero-order chi connectivity index (χ0) is 16.8. The fourth-order valence-corrected chi connectivity index (χ4v) is 4.60. The van der Waals surface area contributed by atoms with Crippen molar-refractivity contribution in [3.63, 3.8) is 0 Å². The Kier molecular flexibility index (Phi) is 3.73. The highest BCUT2D eigenvalue weighted by atomic mass is 16.1. The van der Waals surface area contributed by atoms with E-state index in [4.69, 9.17) is 0 Å². The molecule has 0 bridgehead atoms. The summed E-state index contributed by atoms with van der Waals surface area (Å²) in [7, 11) is 0. The maximum absolute atomic E-state index is 12.3. The molecule has 0 unspecified atom stereocenters. The van der Waals surface area contributed by atoms with Crippen LogP contribution in [0.4, 0.5) is 0 Å². The summed E-state index contributed by atoms with van der Waals surface area (Å²) in [5.74, 6) is 0.537. The van der Waals surface area contributed by atoms with Crippen LogP contribution in [0.15, 0.2) is 17.1 Å². The molecule has 1 aliphatic carbocycles. The van der Waals surface area contributed by atoms with Crippen molar-refractivity contribution in [2.24, 2.45) is 5.92 Å². The molecule has 1 saturated heterocycles. The van der Waals surface area contributed by atoms with Crippen LogP contribution in [0, 0.1) is 5.92 Å². The number of hydrogen-bond acceptors (Lipinski definition) is 4. The van der Waals surface area contributed by atoms with Crippen LogP contribution in [0.2, 0.25) is 0 Å². The van der Waals surface area contributed by atoms with Crippen LogP contribution in [0.5, 0.6) is 0 Å². The van der Waals surface area contributed by atoms with Gasteiger partial charge in [-0.05, 0) is 44.1 Å². The van der Waals surface area contributed by atoms with Crippen molar-refractivity contribution in [1.29, 1.82) is 0 Å². The van der Waals surface area contributed by atoms with E-state index in [0.717, 1.165) is 51.3 Å². The van der Waals surface area contributed by atoms with E-state index < -0.39 is 0 Å². The van der Waals surface area contributed by atoms with Crippen LogP contribution >= 0.6 is 0 Å². The molecule has 1 fully saturated rings. The Labute approximate surface area is 147 Å². The van der Waals surface area contributed by atoms with Crippen LogP contribution in [0.1, 0.15) is 41.8 Å². The SMILES string of the molecule is O=c1cc2c(nn1CC1CN(Cc3cnn4c3CCC4)C1)CCCC2. The van der Waals surface area contributed by atoms with Gasteiger partial charge in [0.1, 0.15) is 0 Å². The molecule has 3 aliphatic rings. The average Bonchev–Trinajstić information content (AvgIpc) is 3.18. The second-order valence-corrected chi connectivity index (χ2v) is 7.85. The van der Waals surface area contributed by atoms with Gasteiger partial charge in [0.25, 0.3) is 5.56 Å². The Morgan fingerprint density at radius 3 is 2.92 bits per heavy atom. The van der Waals surface area contributed by atoms with Crippen molar-refractivity contribution in [3.05, 3.63) is 45.1 Å². The smallest absolute Gasteiger partial charge is 0.267 e. The van der Waals surface area contributed by atoms with Gasteiger partial charge >= 0.3 is 0 Å². The van der Waals surface area contributed by atoms with Crippen molar-refractivity contribution in [2.45, 2.75) is 58.2 Å². The summed E-state index contributed by atoms with van der Waals surface area (Å²) in [4.78, 5) is 14.8. The first-order chi connectivity index (χ1) is 12.3. The average molecular weight is 339 g/mol. The first-order valence-electron chi connectivity index (χ1n) is 9.62. The molecular formula is C19H25N5O. The van der Waals surface area contributed by atoms with Gasteiger partial charge in [-0.1, -0.05) is 0 Å². The highest BCUT2D eigenvalue weighted by molar-refractivity contribution is 5.21. The van der Waals surface area contributed by atoms with E-state index in [2.05, 4.69) is 19.8 Å². The predicted octanol–water partition coefficient (Wildman–Crippen LogP) is 1.40. The summed E-state index contributed by atoms with van der Waals surface area (Å²) >= 11 is 0. The minimum Gasteiger partial charge on any atom is -0.298 e. The zero-order valence-electron chi connectivity index (χ0n) is 14.7. The van der Waals surface area contributed by atoms with Gasteiger partial charge in [0, 0.05) is 49.4 Å². The maximum atomic E-state index is 12.3. The Morgan fingerprint density at radius 1 is 1.12 bits per heavy atom. The topological polar surface area (TPSA) is 56.0 Å². The predicted molar refractivity (Wildman–Crippen MR) is 94.5 cm³/mol. The minimum atomic E-state index is 0.0774. The fourth-order valence-electron chi connectivity index (χ4n) is 4.60. The number of nitrogens with zero attached hydrogens (tertiary/aromatic N) is 5. The van der Waals surface area contributed by atoms with Crippen molar-refractivity contribution in [1.82, 2.24) is 24.5 Å². The van der Waals surface area contributed by atoms with Crippen LogP contribution < -0.4 is 5.56 Å². The van der Waals surface area contributed by atoms with E-state index in [1.165, 1.54) is 42.5 Å². The van der Waals surface area contributed by atoms with Gasteiger partial charge in [-0.15, -0.1) is 0 Å². The summed E-state index contributed by atoms with van der Waals surface area (Å²) in [6, 6.07) is 1.83. The Bertz CT molecular complexity index is 846. The third-order valence-corrected chi connectivity index (χ3v) is 5.95. The number of aryl methyl sites for hydroxylation is 3. The Morgan fingerprint density at radius 2 is 2.00 bits per heavy atom. The lowest BCUT2D eigenvalue weighted by Crippen LogP contribution is -2.49. The molecule has 0 atom stereocenters. The molecule has 5 rings (SSSR count). The molecule has 6 nitrogen and oxygen atoms in total. The molecule has 25 heavy (non-hydrogen) atoms. The van der Waals surface area contributed by atoms with Crippen LogP contribution in [-0.4, -0.2) is 37.6 Å². The molecule has 0 saturated carbocycles. The number of rotatable bonds is 4. The lowest BCUT2D eigenvalue weighted by Gasteiger charge is -2.39. The van der Waals surface area contributed by atoms with E-state index in [9.17, 15) is 4.79 Å². The third kappa shape index (κ3) is 2.82. The van der Waals surface area contributed by atoms with Crippen LogP contribution in [0.25, 0.3) is 0 Å². The summed E-state index contributed by atoms with van der Waals surface area (Å²) < 4.78 is 3.87. The van der Waals surface area contributed by atoms with Crippen molar-refractivity contribution >= 4 is 0 Å². The van der Waals surface area contributed by atoms with E-state index in [1.807, 2.05) is 12.3 Å². The normalized spacial score (nSPS) is 20.3. The van der Waals surface area contributed by atoms with Crippen molar-refractivity contribution in [3.8, 4) is 0 Å². The molecule has 132 valence electrons. The summed E-state index contributed by atoms with van der Waals surface area (Å²) in [5.41, 5.74) is 5.22. The first-order valence-corrected chi connectivity index (χ1v) is 9.62. The number of aromatic nitrogens is 4. The van der Waals surface area contributed by atoms with Crippen LogP contribution in [0.3, 0.4) is 0 Å². The largest absolute Gasteiger partial charge is 0.298 e. The molecule has 0 amide bonds. The second-order valence-electron chi connectivity index (χ2n) is 7.85. The van der Waals surface area contributed by atoms with E-state index >= 15 is 0 Å². The van der Waals surface area contributed by atoms with Gasteiger partial charge in [0.2, 0.25) is 0 Å². The number of fused-ring (bicyclic) bond motifs is 2. The summed E-state index contributed by atoms with van der Waals surface area (Å²) in [6.07, 6.45) is 8.87. The van der Waals surface area contributed by atoms with Crippen LogP contribution in [-0.2, 0) is 38.9 Å². The zero-order valence-corrected chi connectivity index (χ0v) is 14.7. The highest BCUT2D eigenvalue weighted by Gasteiger charge is 2.29. The van der Waals surface area contributed by atoms with Crippen molar-refractivity contribution < 1.29 is 0 Å². The quantitative estimate of drug-likeness (QED) is 0.845. The second kappa shape index (κ2) is 6.09. The maximum Gasteiger partial charge on any atom is 0.267 e. The first kappa shape index (κ1) is 15.3. The molecule has 2 aromatic heterocycles. The van der Waals surface area contributed by atoms with Crippen molar-refractivity contribution in [2.75, 3.05) is 13.1 Å². The summed E-state index contributed by atoms with van der Waals surface area (Å²) in [6.45, 7) is 4.93. The van der Waals surface area contributed by atoms with Gasteiger partial charge < -0.3 is 0 Å². The third-order valence-electron chi connectivity index (χ3n) is 5.95. The summed E-state index contributed by atoms with van der Waals surface area (Å²) in [5, 5.41) is 9.14. The monoisotopic (exact) mass is 339 g/mol. The Balaban J connectivity index is 1.21. The molecule has 0 aromatic carbocycles. The number of likely N-dealkylation sites (tertiary alicyclic amines) is 1. The fraction of sp³-hybridized carbons (Fsp3) is 0.632. The molecule has 0 N–H and O–H groups in total. The number of hydrogen-bond donors (Lipinski definition) is 0. The van der Waals surface area contributed by atoms with E-state index in [1.54, 1.807) is 4.68 Å². The van der Waals surface area contributed by atoms with Gasteiger partial charge in [-0.3, -0.25) is 14.4 Å². The van der Waals surface area contributed by atoms with Gasteiger partial charge in [0.15, 0.2) is 0 Å². The lowest BCUT2D eigenvalue weighted by molar-refractivity contribution is 0.0762. The molecular weight excluding hydrogens is 314 g/mol. The Hall–Kier alpha value is -1.95. The molecule has 0 spiro atoms. The molecule has 2 aliphatic heterocycles. The van der Waals surface area contributed by atoms with Gasteiger partial charge in [-0.2, -0.15) is 10.2 Å². The molecule has 4 heterocycles. The van der Waals surface area contributed by atoms with Gasteiger partial charge in [-0.25, -0.2) is 4.68 Å².